The zero-order valence-electron chi connectivity index (χ0n) is 16.5. The van der Waals surface area contributed by atoms with Crippen LogP contribution in [0.1, 0.15) is 13.8 Å². The fourth-order valence-electron chi connectivity index (χ4n) is 2.84. The third-order valence-corrected chi connectivity index (χ3v) is 6.58. The first kappa shape index (κ1) is 23.6. The highest BCUT2D eigenvalue weighted by molar-refractivity contribution is 8.00. The Labute approximate surface area is 185 Å². The van der Waals surface area contributed by atoms with E-state index in [-0.39, 0.29) is 24.1 Å². The first-order chi connectivity index (χ1) is 13.6. The predicted molar refractivity (Wildman–Crippen MR) is 124 cm³/mol. The van der Waals surface area contributed by atoms with Crippen LogP contribution in [0.4, 0.5) is 9.52 Å². The summed E-state index contributed by atoms with van der Waals surface area (Å²) in [6.45, 7) is 7.54. The molecule has 1 heterocycles. The lowest BCUT2D eigenvalue weighted by molar-refractivity contribution is -0.116. The first-order valence-electron chi connectivity index (χ1n) is 9.37. The zero-order valence-corrected chi connectivity index (χ0v) is 19.0. The summed E-state index contributed by atoms with van der Waals surface area (Å²) < 4.78 is 14.2. The standard InChI is InChI=1S/C21H24FN3OS2.ClH/c1-3-24(4-2)13-14-25(21-23-18-7-5-6-8-19(18)28-21)20(26)15-27-17-11-9-16(22)10-12-17;/h5-12H,3-4,13-15H2,1-2H3;1H. The van der Waals surface area contributed by atoms with Gasteiger partial charge in [0.2, 0.25) is 5.91 Å². The number of carbonyl (C=O) groups is 1. The van der Waals surface area contributed by atoms with Gasteiger partial charge in [0, 0.05) is 18.0 Å². The molecule has 0 spiro atoms. The highest BCUT2D eigenvalue weighted by Crippen LogP contribution is 2.29. The minimum absolute atomic E-state index is 0. The molecule has 0 aliphatic carbocycles. The number of rotatable bonds is 9. The second-order valence-corrected chi connectivity index (χ2v) is 8.34. The lowest BCUT2D eigenvalue weighted by Gasteiger charge is -2.24. The monoisotopic (exact) mass is 453 g/mol. The van der Waals surface area contributed by atoms with Gasteiger partial charge in [-0.15, -0.1) is 24.2 Å². The van der Waals surface area contributed by atoms with E-state index in [0.29, 0.717) is 12.3 Å². The van der Waals surface area contributed by atoms with Crippen molar-refractivity contribution < 1.29 is 9.18 Å². The Hall–Kier alpha value is -1.67. The quantitative estimate of drug-likeness (QED) is 0.410. The molecule has 156 valence electrons. The van der Waals surface area contributed by atoms with Gasteiger partial charge in [-0.2, -0.15) is 0 Å². The Morgan fingerprint density at radius 3 is 2.41 bits per heavy atom. The number of likely N-dealkylation sites (N-methyl/N-ethyl adjacent to an activating group) is 1. The molecular formula is C21H25ClFN3OS2. The number of halogens is 2. The van der Waals surface area contributed by atoms with Crippen molar-refractivity contribution >= 4 is 56.8 Å². The number of anilines is 1. The van der Waals surface area contributed by atoms with Crippen LogP contribution >= 0.6 is 35.5 Å². The van der Waals surface area contributed by atoms with E-state index in [2.05, 4.69) is 23.7 Å². The molecule has 1 aromatic heterocycles. The molecule has 0 radical (unpaired) electrons. The molecular weight excluding hydrogens is 429 g/mol. The van der Waals surface area contributed by atoms with Crippen LogP contribution in [0, 0.1) is 5.82 Å². The summed E-state index contributed by atoms with van der Waals surface area (Å²) in [5.74, 6) is 0.0336. The molecule has 3 rings (SSSR count). The largest absolute Gasteiger partial charge is 0.302 e. The number of amides is 1. The highest BCUT2D eigenvalue weighted by Gasteiger charge is 2.20. The SMILES string of the molecule is CCN(CC)CCN(C(=O)CSc1ccc(F)cc1)c1nc2ccccc2s1.Cl. The van der Waals surface area contributed by atoms with Crippen molar-refractivity contribution in [3.05, 3.63) is 54.3 Å². The number of para-hydroxylation sites is 1. The summed E-state index contributed by atoms with van der Waals surface area (Å²) in [7, 11) is 0. The number of fused-ring (bicyclic) bond motifs is 1. The van der Waals surface area contributed by atoms with Crippen molar-refractivity contribution in [1.29, 1.82) is 0 Å². The molecule has 0 unspecified atom stereocenters. The molecule has 1 amide bonds. The Morgan fingerprint density at radius 1 is 1.07 bits per heavy atom. The number of benzene rings is 2. The Bertz CT molecular complexity index is 883. The molecule has 4 nitrogen and oxygen atoms in total. The lowest BCUT2D eigenvalue weighted by atomic mass is 10.3. The van der Waals surface area contributed by atoms with Gasteiger partial charge in [-0.1, -0.05) is 37.3 Å². The van der Waals surface area contributed by atoms with E-state index >= 15 is 0 Å². The van der Waals surface area contributed by atoms with E-state index < -0.39 is 0 Å². The van der Waals surface area contributed by atoms with Crippen LogP contribution in [0.25, 0.3) is 10.2 Å². The molecule has 2 aromatic carbocycles. The maximum absolute atomic E-state index is 13.1. The van der Waals surface area contributed by atoms with Crippen LogP contribution in [0.5, 0.6) is 0 Å². The van der Waals surface area contributed by atoms with E-state index in [1.165, 1.54) is 23.9 Å². The normalized spacial score (nSPS) is 10.9. The predicted octanol–water partition coefficient (Wildman–Crippen LogP) is 5.32. The van der Waals surface area contributed by atoms with Gasteiger partial charge in [0.05, 0.1) is 16.0 Å². The van der Waals surface area contributed by atoms with Crippen molar-refractivity contribution in [2.45, 2.75) is 18.7 Å². The van der Waals surface area contributed by atoms with Crippen molar-refractivity contribution in [3.63, 3.8) is 0 Å². The Kier molecular flexibility index (Phi) is 9.36. The van der Waals surface area contributed by atoms with Gasteiger partial charge < -0.3 is 4.90 Å². The summed E-state index contributed by atoms with van der Waals surface area (Å²) in [6, 6.07) is 14.2. The summed E-state index contributed by atoms with van der Waals surface area (Å²) >= 11 is 2.96. The minimum atomic E-state index is -0.272. The lowest BCUT2D eigenvalue weighted by Crippen LogP contribution is -2.39. The molecule has 0 aliphatic rings. The van der Waals surface area contributed by atoms with Crippen molar-refractivity contribution in [2.24, 2.45) is 0 Å². The summed E-state index contributed by atoms with van der Waals surface area (Å²) in [6.07, 6.45) is 0. The van der Waals surface area contributed by atoms with Crippen LogP contribution in [-0.4, -0.2) is 47.7 Å². The molecule has 0 bridgehead atoms. The molecule has 3 aromatic rings. The van der Waals surface area contributed by atoms with Crippen molar-refractivity contribution in [3.8, 4) is 0 Å². The fourth-order valence-corrected chi connectivity index (χ4v) is 4.62. The number of hydrogen-bond acceptors (Lipinski definition) is 5. The van der Waals surface area contributed by atoms with Gasteiger partial charge in [-0.05, 0) is 49.5 Å². The van der Waals surface area contributed by atoms with Crippen LogP contribution in [0.3, 0.4) is 0 Å². The van der Waals surface area contributed by atoms with Gasteiger partial charge in [0.1, 0.15) is 5.82 Å². The average Bonchev–Trinajstić information content (AvgIpc) is 3.14. The smallest absolute Gasteiger partial charge is 0.239 e. The van der Waals surface area contributed by atoms with Gasteiger partial charge in [0.25, 0.3) is 0 Å². The minimum Gasteiger partial charge on any atom is -0.302 e. The van der Waals surface area contributed by atoms with Gasteiger partial charge in [-0.25, -0.2) is 9.37 Å². The maximum Gasteiger partial charge on any atom is 0.239 e. The van der Waals surface area contributed by atoms with Crippen molar-refractivity contribution in [1.82, 2.24) is 9.88 Å². The molecule has 8 heteroatoms. The zero-order chi connectivity index (χ0) is 19.9. The molecule has 0 atom stereocenters. The number of thiazole rings is 1. The highest BCUT2D eigenvalue weighted by atomic mass is 35.5. The van der Waals surface area contributed by atoms with E-state index in [1.54, 1.807) is 28.4 Å². The van der Waals surface area contributed by atoms with Gasteiger partial charge in [-0.3, -0.25) is 9.69 Å². The second kappa shape index (κ2) is 11.5. The van der Waals surface area contributed by atoms with E-state index in [1.807, 2.05) is 24.3 Å². The summed E-state index contributed by atoms with van der Waals surface area (Å²) in [5.41, 5.74) is 0.911. The summed E-state index contributed by atoms with van der Waals surface area (Å²) in [4.78, 5) is 22.7. The number of carbonyl (C=O) groups excluding carboxylic acids is 1. The number of aromatic nitrogens is 1. The van der Waals surface area contributed by atoms with E-state index in [9.17, 15) is 9.18 Å². The van der Waals surface area contributed by atoms with Crippen LogP contribution in [-0.2, 0) is 4.79 Å². The van der Waals surface area contributed by atoms with Crippen LogP contribution in [0.2, 0.25) is 0 Å². The topological polar surface area (TPSA) is 36.4 Å². The third-order valence-electron chi connectivity index (χ3n) is 4.52. The fraction of sp³-hybridized carbons (Fsp3) is 0.333. The van der Waals surface area contributed by atoms with E-state index in [0.717, 1.165) is 39.9 Å². The van der Waals surface area contributed by atoms with Crippen LogP contribution < -0.4 is 4.90 Å². The average molecular weight is 454 g/mol. The van der Waals surface area contributed by atoms with E-state index in [4.69, 9.17) is 0 Å². The molecule has 0 saturated carbocycles. The van der Waals surface area contributed by atoms with Gasteiger partial charge in [0.15, 0.2) is 5.13 Å². The Morgan fingerprint density at radius 2 is 1.76 bits per heavy atom. The summed E-state index contributed by atoms with van der Waals surface area (Å²) in [5, 5.41) is 0.734. The first-order valence-corrected chi connectivity index (χ1v) is 11.2. The molecule has 0 N–H and O–H groups in total. The number of thioether (sulfide) groups is 1. The number of nitrogens with zero attached hydrogens (tertiary/aromatic N) is 3. The number of hydrogen-bond donors (Lipinski definition) is 0. The molecule has 0 saturated heterocycles. The Balaban J connectivity index is 0.00000300. The molecule has 29 heavy (non-hydrogen) atoms. The van der Waals surface area contributed by atoms with Crippen molar-refractivity contribution in [2.75, 3.05) is 36.8 Å². The second-order valence-electron chi connectivity index (χ2n) is 6.28. The third kappa shape index (κ3) is 6.40. The maximum atomic E-state index is 13.1. The molecule has 0 fully saturated rings. The molecule has 0 aliphatic heterocycles. The van der Waals surface area contributed by atoms with Crippen LogP contribution in [0.15, 0.2) is 53.4 Å². The van der Waals surface area contributed by atoms with Gasteiger partial charge >= 0.3 is 0 Å².